The Morgan fingerprint density at radius 1 is 1.30 bits per heavy atom. The Balaban J connectivity index is 1.69. The summed E-state index contributed by atoms with van der Waals surface area (Å²) in [6.07, 6.45) is 3.90. The third kappa shape index (κ3) is 2.81. The molecule has 2 heterocycles. The first kappa shape index (κ1) is 13.5. The van der Waals surface area contributed by atoms with Gasteiger partial charge in [0, 0.05) is 13.1 Å². The fraction of sp³-hybridized carbons (Fsp3) is 0.400. The van der Waals surface area contributed by atoms with E-state index < -0.39 is 0 Å². The lowest BCUT2D eigenvalue weighted by atomic mass is 10.0. The first-order valence-electron chi connectivity index (χ1n) is 6.99. The third-order valence-corrected chi connectivity index (χ3v) is 4.15. The van der Waals surface area contributed by atoms with Crippen molar-refractivity contribution in [3.63, 3.8) is 0 Å². The number of halogens is 1. The van der Waals surface area contributed by atoms with Crippen LogP contribution in [-0.4, -0.2) is 27.8 Å². The number of aromatic nitrogens is 2. The van der Waals surface area contributed by atoms with Crippen LogP contribution in [0.3, 0.4) is 0 Å². The molecule has 0 saturated carbocycles. The molecule has 3 rings (SSSR count). The lowest BCUT2D eigenvalue weighted by Gasteiger charge is -2.33. The van der Waals surface area contributed by atoms with E-state index >= 15 is 0 Å². The number of hydrogen-bond acceptors (Lipinski definition) is 3. The van der Waals surface area contributed by atoms with Crippen molar-refractivity contribution in [3.05, 3.63) is 47.1 Å². The predicted molar refractivity (Wildman–Crippen MR) is 81.6 cm³/mol. The van der Waals surface area contributed by atoms with Crippen LogP contribution in [0, 0.1) is 0 Å². The summed E-state index contributed by atoms with van der Waals surface area (Å²) >= 11 is 5.99. The topological polar surface area (TPSA) is 47.1 Å². The van der Waals surface area contributed by atoms with E-state index in [9.17, 15) is 0 Å². The van der Waals surface area contributed by atoms with Crippen molar-refractivity contribution in [2.75, 3.05) is 18.8 Å². The standard InChI is InChI=1S/C15H19ClN4/c16-14-9-18-20(15(14)17)13-7-4-8-19(11-13)10-12-5-2-1-3-6-12/h1-3,5-6,9,13H,4,7-8,10-11,17H2. The van der Waals surface area contributed by atoms with Gasteiger partial charge in [-0.15, -0.1) is 0 Å². The molecule has 2 aromatic rings. The van der Waals surface area contributed by atoms with Gasteiger partial charge in [-0.25, -0.2) is 4.68 Å². The molecule has 2 N–H and O–H groups in total. The van der Waals surface area contributed by atoms with Gasteiger partial charge in [0.15, 0.2) is 0 Å². The molecule has 1 aromatic heterocycles. The van der Waals surface area contributed by atoms with Gasteiger partial charge >= 0.3 is 0 Å². The number of hydrogen-bond donors (Lipinski definition) is 1. The normalized spacial score (nSPS) is 20.1. The van der Waals surface area contributed by atoms with Crippen LogP contribution >= 0.6 is 11.6 Å². The maximum atomic E-state index is 5.99. The van der Waals surface area contributed by atoms with E-state index in [2.05, 4.69) is 40.3 Å². The predicted octanol–water partition coefficient (Wildman–Crippen LogP) is 2.96. The Bertz CT molecular complexity index is 567. The maximum Gasteiger partial charge on any atom is 0.140 e. The molecule has 1 atom stereocenters. The molecule has 1 aromatic carbocycles. The largest absolute Gasteiger partial charge is 0.383 e. The lowest BCUT2D eigenvalue weighted by Crippen LogP contribution is -2.36. The van der Waals surface area contributed by atoms with E-state index in [1.54, 1.807) is 6.20 Å². The number of nitrogens with two attached hydrogens (primary N) is 1. The molecule has 1 unspecified atom stereocenters. The quantitative estimate of drug-likeness (QED) is 0.945. The molecular weight excluding hydrogens is 272 g/mol. The summed E-state index contributed by atoms with van der Waals surface area (Å²) in [6.45, 7) is 3.07. The lowest BCUT2D eigenvalue weighted by molar-refractivity contribution is 0.164. The number of rotatable bonds is 3. The van der Waals surface area contributed by atoms with Gasteiger partial charge in [-0.05, 0) is 24.9 Å². The first-order valence-corrected chi connectivity index (χ1v) is 7.36. The number of nitrogens with zero attached hydrogens (tertiary/aromatic N) is 3. The molecule has 1 aliphatic heterocycles. The summed E-state index contributed by atoms with van der Waals surface area (Å²) in [7, 11) is 0. The summed E-state index contributed by atoms with van der Waals surface area (Å²) < 4.78 is 1.87. The van der Waals surface area contributed by atoms with Crippen LogP contribution in [0.5, 0.6) is 0 Å². The Hall–Kier alpha value is -1.52. The van der Waals surface area contributed by atoms with Crippen molar-refractivity contribution in [1.29, 1.82) is 0 Å². The number of likely N-dealkylation sites (tertiary alicyclic amines) is 1. The van der Waals surface area contributed by atoms with Crippen LogP contribution in [0.4, 0.5) is 5.82 Å². The van der Waals surface area contributed by atoms with E-state index in [0.29, 0.717) is 16.9 Å². The van der Waals surface area contributed by atoms with Gasteiger partial charge in [-0.1, -0.05) is 41.9 Å². The zero-order chi connectivity index (χ0) is 13.9. The molecule has 0 bridgehead atoms. The van der Waals surface area contributed by atoms with Crippen molar-refractivity contribution < 1.29 is 0 Å². The molecule has 1 fully saturated rings. The number of nitrogen functional groups attached to an aromatic ring is 1. The average molecular weight is 291 g/mol. The fourth-order valence-electron chi connectivity index (χ4n) is 2.86. The summed E-state index contributed by atoms with van der Waals surface area (Å²) in [6, 6.07) is 10.9. The average Bonchev–Trinajstić information content (AvgIpc) is 2.80. The number of benzene rings is 1. The summed E-state index contributed by atoms with van der Waals surface area (Å²) in [5.74, 6) is 0.582. The minimum Gasteiger partial charge on any atom is -0.383 e. The van der Waals surface area contributed by atoms with E-state index in [4.69, 9.17) is 17.3 Å². The van der Waals surface area contributed by atoms with E-state index in [1.165, 1.54) is 5.56 Å². The first-order chi connectivity index (χ1) is 9.74. The van der Waals surface area contributed by atoms with Crippen LogP contribution in [-0.2, 0) is 6.54 Å². The van der Waals surface area contributed by atoms with Crippen molar-refractivity contribution in [2.24, 2.45) is 0 Å². The van der Waals surface area contributed by atoms with Gasteiger partial charge in [0.25, 0.3) is 0 Å². The fourth-order valence-corrected chi connectivity index (χ4v) is 2.99. The highest BCUT2D eigenvalue weighted by Crippen LogP contribution is 2.27. The SMILES string of the molecule is Nc1c(Cl)cnn1C1CCCN(Cc2ccccc2)C1. The molecule has 0 amide bonds. The van der Waals surface area contributed by atoms with E-state index in [0.717, 1.165) is 32.5 Å². The smallest absolute Gasteiger partial charge is 0.140 e. The second kappa shape index (κ2) is 5.85. The second-order valence-corrected chi connectivity index (χ2v) is 5.75. The molecule has 1 saturated heterocycles. The highest BCUT2D eigenvalue weighted by molar-refractivity contribution is 6.32. The Morgan fingerprint density at radius 3 is 2.80 bits per heavy atom. The Kier molecular flexibility index (Phi) is 3.94. The molecule has 0 spiro atoms. The van der Waals surface area contributed by atoms with Gasteiger partial charge in [-0.2, -0.15) is 5.10 Å². The zero-order valence-electron chi connectivity index (χ0n) is 11.4. The van der Waals surface area contributed by atoms with Gasteiger partial charge in [-0.3, -0.25) is 4.90 Å². The number of piperidine rings is 1. The van der Waals surface area contributed by atoms with Crippen LogP contribution in [0.15, 0.2) is 36.5 Å². The summed E-state index contributed by atoms with van der Waals surface area (Å²) in [5.41, 5.74) is 7.33. The highest BCUT2D eigenvalue weighted by atomic mass is 35.5. The third-order valence-electron chi connectivity index (χ3n) is 3.86. The van der Waals surface area contributed by atoms with Crippen molar-refractivity contribution in [2.45, 2.75) is 25.4 Å². The molecular formula is C15H19ClN4. The van der Waals surface area contributed by atoms with Gasteiger partial charge in [0.1, 0.15) is 10.8 Å². The summed E-state index contributed by atoms with van der Waals surface area (Å²) in [4.78, 5) is 2.46. The molecule has 0 radical (unpaired) electrons. The van der Waals surface area contributed by atoms with Crippen molar-refractivity contribution >= 4 is 17.4 Å². The molecule has 106 valence electrons. The molecule has 1 aliphatic rings. The maximum absolute atomic E-state index is 5.99. The number of anilines is 1. The van der Waals surface area contributed by atoms with Gasteiger partial charge in [0.05, 0.1) is 12.2 Å². The van der Waals surface area contributed by atoms with Crippen LogP contribution in [0.25, 0.3) is 0 Å². The van der Waals surface area contributed by atoms with E-state index in [-0.39, 0.29) is 0 Å². The minimum atomic E-state index is 0.319. The van der Waals surface area contributed by atoms with Crippen LogP contribution in [0.1, 0.15) is 24.4 Å². The Morgan fingerprint density at radius 2 is 2.10 bits per heavy atom. The molecule has 5 heteroatoms. The highest BCUT2D eigenvalue weighted by Gasteiger charge is 2.23. The van der Waals surface area contributed by atoms with Gasteiger partial charge in [0.2, 0.25) is 0 Å². The van der Waals surface area contributed by atoms with Crippen LogP contribution < -0.4 is 5.73 Å². The van der Waals surface area contributed by atoms with Crippen molar-refractivity contribution in [1.82, 2.24) is 14.7 Å². The van der Waals surface area contributed by atoms with Crippen LogP contribution in [0.2, 0.25) is 5.02 Å². The summed E-state index contributed by atoms with van der Waals surface area (Å²) in [5, 5.41) is 4.86. The molecule has 20 heavy (non-hydrogen) atoms. The van der Waals surface area contributed by atoms with Gasteiger partial charge < -0.3 is 5.73 Å². The minimum absolute atomic E-state index is 0.319. The van der Waals surface area contributed by atoms with E-state index in [1.807, 2.05) is 4.68 Å². The second-order valence-electron chi connectivity index (χ2n) is 5.34. The zero-order valence-corrected chi connectivity index (χ0v) is 12.1. The molecule has 4 nitrogen and oxygen atoms in total. The molecule has 0 aliphatic carbocycles. The Labute approximate surface area is 124 Å². The van der Waals surface area contributed by atoms with Crippen molar-refractivity contribution in [3.8, 4) is 0 Å². The monoisotopic (exact) mass is 290 g/mol.